The van der Waals surface area contributed by atoms with Crippen molar-refractivity contribution >= 4 is 11.6 Å². The zero-order valence-corrected chi connectivity index (χ0v) is 15.9. The maximum absolute atomic E-state index is 9.63. The summed E-state index contributed by atoms with van der Waals surface area (Å²) in [5, 5.41) is 9.63. The lowest BCUT2D eigenvalue weighted by atomic mass is 10.0. The molecule has 0 aliphatic rings. The lowest BCUT2D eigenvalue weighted by molar-refractivity contribution is 0.306. The van der Waals surface area contributed by atoms with Crippen LogP contribution in [0.4, 0.5) is 0 Å². The molecule has 0 saturated carbocycles. The average Bonchev–Trinajstić information content (AvgIpc) is 2.76. The number of allylic oxidation sites excluding steroid dienone is 1. The van der Waals surface area contributed by atoms with Crippen LogP contribution in [0.25, 0.3) is 11.6 Å². The number of nitrogens with zero attached hydrogens (tertiary/aromatic N) is 1. The van der Waals surface area contributed by atoms with E-state index in [9.17, 15) is 5.26 Å². The molecule has 140 valence electrons. The van der Waals surface area contributed by atoms with E-state index in [1.165, 1.54) is 0 Å². The Morgan fingerprint density at radius 3 is 2.39 bits per heavy atom. The summed E-state index contributed by atoms with van der Waals surface area (Å²) >= 11 is 0. The zero-order chi connectivity index (χ0) is 19.8. The highest BCUT2D eigenvalue weighted by atomic mass is 16.5. The van der Waals surface area contributed by atoms with Crippen molar-refractivity contribution in [2.45, 2.75) is 6.61 Å². The maximum atomic E-state index is 9.63. The van der Waals surface area contributed by atoms with Crippen LogP contribution in [-0.4, -0.2) is 14.2 Å². The third-order valence-corrected chi connectivity index (χ3v) is 4.23. The Bertz CT molecular complexity index is 1000. The van der Waals surface area contributed by atoms with E-state index in [1.54, 1.807) is 26.4 Å². The largest absolute Gasteiger partial charge is 0.493 e. The molecule has 0 radical (unpaired) electrons. The first-order valence-electron chi connectivity index (χ1n) is 8.84. The van der Waals surface area contributed by atoms with Crippen molar-refractivity contribution in [3.8, 4) is 23.3 Å². The number of hydrogen-bond acceptors (Lipinski definition) is 4. The van der Waals surface area contributed by atoms with Gasteiger partial charge in [-0.3, -0.25) is 0 Å². The van der Waals surface area contributed by atoms with E-state index in [0.29, 0.717) is 23.7 Å². The normalized spacial score (nSPS) is 10.8. The summed E-state index contributed by atoms with van der Waals surface area (Å²) in [7, 11) is 3.16. The molecular formula is C24H21NO3. The quantitative estimate of drug-likeness (QED) is 0.415. The molecule has 0 N–H and O–H groups in total. The molecule has 0 atom stereocenters. The molecule has 0 fully saturated rings. The van der Waals surface area contributed by atoms with E-state index in [2.05, 4.69) is 6.07 Å². The van der Waals surface area contributed by atoms with Crippen LogP contribution in [0.15, 0.2) is 72.8 Å². The van der Waals surface area contributed by atoms with Gasteiger partial charge in [0, 0.05) is 0 Å². The molecule has 4 heteroatoms. The van der Waals surface area contributed by atoms with E-state index in [1.807, 2.05) is 66.7 Å². The summed E-state index contributed by atoms with van der Waals surface area (Å²) in [6, 6.07) is 25.4. The van der Waals surface area contributed by atoms with Crippen molar-refractivity contribution in [3.63, 3.8) is 0 Å². The summed E-state index contributed by atoms with van der Waals surface area (Å²) in [6.07, 6.45) is 1.83. The van der Waals surface area contributed by atoms with Crippen LogP contribution in [0.2, 0.25) is 0 Å². The number of ether oxygens (including phenoxy) is 3. The Morgan fingerprint density at radius 2 is 1.68 bits per heavy atom. The number of nitriles is 1. The number of rotatable bonds is 7. The summed E-state index contributed by atoms with van der Waals surface area (Å²) in [5.74, 6) is 1.96. The van der Waals surface area contributed by atoms with Crippen LogP contribution in [0.1, 0.15) is 16.7 Å². The Morgan fingerprint density at radius 1 is 0.893 bits per heavy atom. The topological polar surface area (TPSA) is 51.5 Å². The summed E-state index contributed by atoms with van der Waals surface area (Å²) < 4.78 is 16.5. The first-order valence-corrected chi connectivity index (χ1v) is 8.84. The Balaban J connectivity index is 1.82. The molecule has 3 rings (SSSR count). The van der Waals surface area contributed by atoms with E-state index in [0.717, 1.165) is 22.4 Å². The van der Waals surface area contributed by atoms with Gasteiger partial charge >= 0.3 is 0 Å². The van der Waals surface area contributed by atoms with Gasteiger partial charge in [0.1, 0.15) is 12.4 Å². The van der Waals surface area contributed by atoms with Gasteiger partial charge in [0.15, 0.2) is 11.5 Å². The zero-order valence-electron chi connectivity index (χ0n) is 15.9. The van der Waals surface area contributed by atoms with Gasteiger partial charge in [-0.25, -0.2) is 0 Å². The molecule has 0 aliphatic heterocycles. The van der Waals surface area contributed by atoms with Gasteiger partial charge in [0.05, 0.1) is 25.9 Å². The molecule has 0 spiro atoms. The molecule has 0 aliphatic carbocycles. The minimum Gasteiger partial charge on any atom is -0.493 e. The molecule has 0 heterocycles. The van der Waals surface area contributed by atoms with Crippen molar-refractivity contribution in [1.29, 1.82) is 5.26 Å². The lowest BCUT2D eigenvalue weighted by Crippen LogP contribution is -1.95. The standard InChI is InChI=1S/C24H21NO3/c1-26-23-12-11-20(15-24(23)27-2)21(16-25)13-19-9-6-10-22(14-19)28-17-18-7-4-3-5-8-18/h3-15H,17H2,1-2H3/b21-13+. The SMILES string of the molecule is COc1ccc(/C(C#N)=C/c2cccc(OCc3ccccc3)c2)cc1OC. The van der Waals surface area contributed by atoms with Crippen molar-refractivity contribution in [1.82, 2.24) is 0 Å². The fourth-order valence-electron chi connectivity index (χ4n) is 2.79. The summed E-state index contributed by atoms with van der Waals surface area (Å²) in [4.78, 5) is 0. The number of benzene rings is 3. The third kappa shape index (κ3) is 4.72. The van der Waals surface area contributed by atoms with Gasteiger partial charge in [0.2, 0.25) is 0 Å². The fraction of sp³-hybridized carbons (Fsp3) is 0.125. The minimum atomic E-state index is 0.495. The highest BCUT2D eigenvalue weighted by Crippen LogP contribution is 2.31. The second kappa shape index (κ2) is 9.29. The van der Waals surface area contributed by atoms with E-state index < -0.39 is 0 Å². The van der Waals surface area contributed by atoms with Gasteiger partial charge in [-0.15, -0.1) is 0 Å². The van der Waals surface area contributed by atoms with Gasteiger partial charge in [-0.1, -0.05) is 42.5 Å². The lowest BCUT2D eigenvalue weighted by Gasteiger charge is -2.09. The predicted molar refractivity (Wildman–Crippen MR) is 110 cm³/mol. The second-order valence-electron chi connectivity index (χ2n) is 6.09. The second-order valence-corrected chi connectivity index (χ2v) is 6.09. The monoisotopic (exact) mass is 371 g/mol. The van der Waals surface area contributed by atoms with Gasteiger partial charge in [0.25, 0.3) is 0 Å². The summed E-state index contributed by atoms with van der Waals surface area (Å²) in [6.45, 7) is 0.495. The molecule has 3 aromatic carbocycles. The van der Waals surface area contributed by atoms with Gasteiger partial charge in [-0.05, 0) is 53.1 Å². The van der Waals surface area contributed by atoms with Crippen LogP contribution in [0.3, 0.4) is 0 Å². The van der Waals surface area contributed by atoms with Gasteiger partial charge in [-0.2, -0.15) is 5.26 Å². The number of hydrogen-bond donors (Lipinski definition) is 0. The maximum Gasteiger partial charge on any atom is 0.161 e. The number of methoxy groups -OCH3 is 2. The molecule has 0 amide bonds. The van der Waals surface area contributed by atoms with Crippen LogP contribution in [0, 0.1) is 11.3 Å². The van der Waals surface area contributed by atoms with Crippen molar-refractivity contribution < 1.29 is 14.2 Å². The van der Waals surface area contributed by atoms with E-state index >= 15 is 0 Å². The molecule has 0 saturated heterocycles. The molecule has 0 unspecified atom stereocenters. The fourth-order valence-corrected chi connectivity index (χ4v) is 2.79. The molecule has 0 bridgehead atoms. The van der Waals surface area contributed by atoms with Gasteiger partial charge < -0.3 is 14.2 Å². The molecule has 4 nitrogen and oxygen atoms in total. The van der Waals surface area contributed by atoms with Crippen molar-refractivity contribution in [3.05, 3.63) is 89.5 Å². The molecular weight excluding hydrogens is 350 g/mol. The molecule has 3 aromatic rings. The Kier molecular flexibility index (Phi) is 6.33. The third-order valence-electron chi connectivity index (χ3n) is 4.23. The smallest absolute Gasteiger partial charge is 0.161 e. The van der Waals surface area contributed by atoms with E-state index in [-0.39, 0.29) is 0 Å². The highest BCUT2D eigenvalue weighted by Gasteiger charge is 2.08. The Labute approximate surface area is 165 Å². The first-order chi connectivity index (χ1) is 13.7. The van der Waals surface area contributed by atoms with Crippen LogP contribution >= 0.6 is 0 Å². The minimum absolute atomic E-state index is 0.495. The first kappa shape index (κ1) is 19.1. The highest BCUT2D eigenvalue weighted by molar-refractivity contribution is 5.90. The summed E-state index contributed by atoms with van der Waals surface area (Å²) in [5.41, 5.74) is 3.28. The van der Waals surface area contributed by atoms with Crippen LogP contribution in [0.5, 0.6) is 17.2 Å². The molecule has 28 heavy (non-hydrogen) atoms. The van der Waals surface area contributed by atoms with Crippen LogP contribution < -0.4 is 14.2 Å². The predicted octanol–water partition coefficient (Wildman–Crippen LogP) is 5.35. The van der Waals surface area contributed by atoms with E-state index in [4.69, 9.17) is 14.2 Å². The molecule has 0 aromatic heterocycles. The van der Waals surface area contributed by atoms with Crippen LogP contribution in [-0.2, 0) is 6.61 Å². The average molecular weight is 371 g/mol. The van der Waals surface area contributed by atoms with Crippen molar-refractivity contribution in [2.24, 2.45) is 0 Å². The van der Waals surface area contributed by atoms with Crippen molar-refractivity contribution in [2.75, 3.05) is 14.2 Å². The Hall–Kier alpha value is -3.71.